The summed E-state index contributed by atoms with van der Waals surface area (Å²) in [6.45, 7) is 2.61. The zero-order valence-corrected chi connectivity index (χ0v) is 17.7. The summed E-state index contributed by atoms with van der Waals surface area (Å²) >= 11 is 5.90. The van der Waals surface area contributed by atoms with Crippen LogP contribution in [0.2, 0.25) is 5.02 Å². The molecule has 0 unspecified atom stereocenters. The van der Waals surface area contributed by atoms with Crippen molar-refractivity contribution in [2.24, 2.45) is 0 Å². The third-order valence-corrected chi connectivity index (χ3v) is 5.85. The van der Waals surface area contributed by atoms with Gasteiger partial charge in [-0.1, -0.05) is 17.7 Å². The maximum Gasteiger partial charge on any atom is 0.408 e. The molecule has 1 fully saturated rings. The van der Waals surface area contributed by atoms with Crippen LogP contribution in [-0.2, 0) is 5.54 Å². The minimum Gasteiger partial charge on any atom is -0.496 e. The van der Waals surface area contributed by atoms with Gasteiger partial charge in [-0.2, -0.15) is 0 Å². The molecule has 3 aromatic rings. The van der Waals surface area contributed by atoms with Gasteiger partial charge in [-0.05, 0) is 25.1 Å². The summed E-state index contributed by atoms with van der Waals surface area (Å²) < 4.78 is 20.0. The van der Waals surface area contributed by atoms with Crippen LogP contribution in [0.1, 0.15) is 12.5 Å². The molecule has 0 aliphatic carbocycles. The molecule has 4 rings (SSSR count). The number of nitrogens with zero attached hydrogens (tertiary/aromatic N) is 4. The van der Waals surface area contributed by atoms with Crippen molar-refractivity contribution >= 4 is 34.3 Å². The smallest absolute Gasteiger partial charge is 0.408 e. The van der Waals surface area contributed by atoms with Crippen molar-refractivity contribution in [2.75, 3.05) is 32.2 Å². The molecule has 8 nitrogen and oxygen atoms in total. The van der Waals surface area contributed by atoms with E-state index in [0.717, 1.165) is 5.39 Å². The molecule has 1 amide bonds. The maximum absolute atomic E-state index is 14.4. The van der Waals surface area contributed by atoms with Gasteiger partial charge >= 0.3 is 6.09 Å². The number of methoxy groups -OCH3 is 1. The Morgan fingerprint density at radius 1 is 1.35 bits per heavy atom. The molecule has 0 saturated carbocycles. The molecule has 1 aromatic heterocycles. The van der Waals surface area contributed by atoms with Gasteiger partial charge in [0.05, 0.1) is 28.9 Å². The largest absolute Gasteiger partial charge is 0.496 e. The summed E-state index contributed by atoms with van der Waals surface area (Å²) in [5.74, 6) is -0.0531. The first kappa shape index (κ1) is 21.1. The number of ether oxygens (including phenoxy) is 1. The summed E-state index contributed by atoms with van der Waals surface area (Å²) in [5, 5.41) is 12.5. The van der Waals surface area contributed by atoms with Gasteiger partial charge in [-0.25, -0.2) is 24.2 Å². The zero-order valence-electron chi connectivity index (χ0n) is 17.0. The quantitative estimate of drug-likeness (QED) is 0.627. The van der Waals surface area contributed by atoms with Crippen molar-refractivity contribution in [2.45, 2.75) is 12.5 Å². The number of hydrazine groups is 1. The molecular formula is C21H21ClFN5O3. The maximum atomic E-state index is 14.4. The molecule has 1 saturated heterocycles. The van der Waals surface area contributed by atoms with Crippen LogP contribution in [0.3, 0.4) is 0 Å². The second-order valence-electron chi connectivity index (χ2n) is 7.48. The first-order valence-corrected chi connectivity index (χ1v) is 9.95. The number of rotatable bonds is 4. The molecule has 1 aliphatic heterocycles. The number of hydrogen-bond acceptors (Lipinski definition) is 6. The van der Waals surface area contributed by atoms with Crippen LogP contribution in [0.4, 0.5) is 14.9 Å². The van der Waals surface area contributed by atoms with Crippen LogP contribution in [0, 0.1) is 5.82 Å². The number of aromatic nitrogens is 2. The average Bonchev–Trinajstić information content (AvgIpc) is 2.75. The summed E-state index contributed by atoms with van der Waals surface area (Å²) in [7, 11) is 1.53. The molecule has 31 heavy (non-hydrogen) atoms. The van der Waals surface area contributed by atoms with Crippen molar-refractivity contribution in [3.8, 4) is 5.75 Å². The Hall–Kier alpha value is -3.17. The molecule has 2 heterocycles. The van der Waals surface area contributed by atoms with E-state index in [1.165, 1.54) is 24.4 Å². The molecule has 0 bridgehead atoms. The van der Waals surface area contributed by atoms with Gasteiger partial charge in [0.1, 0.15) is 12.1 Å². The lowest BCUT2D eigenvalue weighted by Gasteiger charge is -2.48. The number of fused-ring (bicyclic) bond motifs is 1. The number of anilines is 1. The molecule has 0 spiro atoms. The Kier molecular flexibility index (Phi) is 5.55. The van der Waals surface area contributed by atoms with Gasteiger partial charge in [-0.15, -0.1) is 0 Å². The Bertz CT molecular complexity index is 1150. The van der Waals surface area contributed by atoms with Gasteiger partial charge < -0.3 is 15.3 Å². The van der Waals surface area contributed by atoms with Crippen LogP contribution < -0.4 is 10.2 Å². The third-order valence-electron chi connectivity index (χ3n) is 5.56. The van der Waals surface area contributed by atoms with Crippen molar-refractivity contribution < 1.29 is 19.0 Å². The monoisotopic (exact) mass is 445 g/mol. The van der Waals surface area contributed by atoms with E-state index < -0.39 is 17.4 Å². The number of benzene rings is 2. The molecule has 2 N–H and O–H groups in total. The first-order chi connectivity index (χ1) is 14.8. The molecule has 1 aliphatic rings. The Balaban J connectivity index is 1.76. The Morgan fingerprint density at radius 2 is 2.16 bits per heavy atom. The van der Waals surface area contributed by atoms with E-state index in [1.54, 1.807) is 29.4 Å². The van der Waals surface area contributed by atoms with Gasteiger partial charge in [-0.3, -0.25) is 4.90 Å². The Labute approximate surface area is 183 Å². The zero-order chi connectivity index (χ0) is 22.2. The number of carbonyl (C=O) groups is 1. The van der Waals surface area contributed by atoms with E-state index in [4.69, 9.17) is 16.3 Å². The van der Waals surface area contributed by atoms with Crippen LogP contribution >= 0.6 is 11.6 Å². The van der Waals surface area contributed by atoms with Gasteiger partial charge in [0.25, 0.3) is 0 Å². The minimum atomic E-state index is -1.05. The van der Waals surface area contributed by atoms with Crippen LogP contribution in [-0.4, -0.2) is 57.8 Å². The lowest BCUT2D eigenvalue weighted by molar-refractivity contribution is 0.0214. The van der Waals surface area contributed by atoms with E-state index >= 15 is 0 Å². The van der Waals surface area contributed by atoms with Gasteiger partial charge in [0, 0.05) is 42.8 Å². The molecule has 1 atom stereocenters. The topological polar surface area (TPSA) is 90.8 Å². The number of nitrogens with one attached hydrogen (secondary N) is 1. The van der Waals surface area contributed by atoms with Crippen molar-refractivity contribution in [3.63, 3.8) is 0 Å². The normalized spacial score (nSPS) is 19.4. The number of halogens is 2. The van der Waals surface area contributed by atoms with Crippen molar-refractivity contribution in [1.29, 1.82) is 0 Å². The lowest BCUT2D eigenvalue weighted by Crippen LogP contribution is -2.61. The van der Waals surface area contributed by atoms with E-state index in [9.17, 15) is 14.3 Å². The highest BCUT2D eigenvalue weighted by Gasteiger charge is 2.44. The fourth-order valence-corrected chi connectivity index (χ4v) is 4.17. The second kappa shape index (κ2) is 8.16. The molecule has 2 aromatic carbocycles. The molecular weight excluding hydrogens is 425 g/mol. The molecule has 10 heteroatoms. The number of hydrogen-bond donors (Lipinski definition) is 2. The highest BCUT2D eigenvalue weighted by molar-refractivity contribution is 6.31. The van der Waals surface area contributed by atoms with Gasteiger partial charge in [0.15, 0.2) is 5.82 Å². The van der Waals surface area contributed by atoms with Gasteiger partial charge in [0.2, 0.25) is 0 Å². The fourth-order valence-electron chi connectivity index (χ4n) is 4.00. The predicted molar refractivity (Wildman–Crippen MR) is 115 cm³/mol. The summed E-state index contributed by atoms with van der Waals surface area (Å²) in [4.78, 5) is 21.8. The number of carboxylic acid groups (broad SMARTS) is 1. The third kappa shape index (κ3) is 3.82. The standard InChI is InChI=1S/C21H21ClFN5O3/c1-21(14-8-13-10-24-12-25-17(13)9-18(14)31-2)11-27(6-7-28(21)20(29)30)26-16-5-3-4-15(22)19(16)23/h3-5,8-10,12,26H,6-7,11H2,1-2H3,(H,29,30)/t21-/m0/s1. The van der Waals surface area contributed by atoms with E-state index in [0.29, 0.717) is 23.4 Å². The van der Waals surface area contributed by atoms with Crippen molar-refractivity contribution in [1.82, 2.24) is 19.9 Å². The molecule has 0 radical (unpaired) electrons. The summed E-state index contributed by atoms with van der Waals surface area (Å²) in [5.41, 5.74) is 3.61. The van der Waals surface area contributed by atoms with Crippen LogP contribution in [0.15, 0.2) is 42.9 Å². The highest BCUT2D eigenvalue weighted by atomic mass is 35.5. The average molecular weight is 446 g/mol. The Morgan fingerprint density at radius 3 is 2.90 bits per heavy atom. The second-order valence-corrected chi connectivity index (χ2v) is 7.88. The lowest BCUT2D eigenvalue weighted by atomic mass is 9.86. The fraction of sp³-hybridized carbons (Fsp3) is 0.286. The molecule has 162 valence electrons. The number of piperazine rings is 1. The first-order valence-electron chi connectivity index (χ1n) is 9.58. The van der Waals surface area contributed by atoms with Crippen molar-refractivity contribution in [3.05, 3.63) is 59.3 Å². The van der Waals surface area contributed by atoms with Crippen LogP contribution in [0.25, 0.3) is 10.9 Å². The van der Waals surface area contributed by atoms with E-state index in [1.807, 2.05) is 13.0 Å². The SMILES string of the molecule is COc1cc2ncncc2cc1[C@]1(C)CN(Nc2cccc(Cl)c2F)CCN1C(=O)O. The predicted octanol–water partition coefficient (Wildman–Crippen LogP) is 3.97. The van der Waals surface area contributed by atoms with E-state index in [2.05, 4.69) is 15.4 Å². The van der Waals surface area contributed by atoms with E-state index in [-0.39, 0.29) is 23.8 Å². The minimum absolute atomic E-state index is 0.00753. The van der Waals surface area contributed by atoms with Crippen LogP contribution in [0.5, 0.6) is 5.75 Å². The summed E-state index contributed by atoms with van der Waals surface area (Å²) in [6.07, 6.45) is 2.06. The number of amides is 1. The summed E-state index contributed by atoms with van der Waals surface area (Å²) in [6, 6.07) is 8.30. The highest BCUT2D eigenvalue weighted by Crippen LogP contribution is 2.40.